The van der Waals surface area contributed by atoms with Gasteiger partial charge in [-0.2, -0.15) is 0 Å². The van der Waals surface area contributed by atoms with Gasteiger partial charge in [-0.1, -0.05) is 39.7 Å². The largest absolute Gasteiger partial charge is 0.388 e. The summed E-state index contributed by atoms with van der Waals surface area (Å²) in [5, 5.41) is 10.7. The summed E-state index contributed by atoms with van der Waals surface area (Å²) in [6.45, 7) is 1.93. The molecule has 1 unspecified atom stereocenters. The Hall–Kier alpha value is -0.900. The normalized spacial score (nSPS) is 12.5. The molecule has 2 rings (SSSR count). The summed E-state index contributed by atoms with van der Waals surface area (Å²) in [6, 6.07) is 10.1. The van der Waals surface area contributed by atoms with Crippen molar-refractivity contribution in [2.24, 2.45) is 0 Å². The van der Waals surface area contributed by atoms with Crippen LogP contribution in [0.4, 0.5) is 4.39 Å². The van der Waals surface area contributed by atoms with E-state index in [0.29, 0.717) is 16.1 Å². The highest BCUT2D eigenvalue weighted by atomic mass is 79.9. The summed E-state index contributed by atoms with van der Waals surface area (Å²) in [5.41, 5.74) is 2.10. The van der Waals surface area contributed by atoms with Crippen LogP contribution in [0.25, 0.3) is 0 Å². The van der Waals surface area contributed by atoms with E-state index in [2.05, 4.69) is 15.9 Å². The molecule has 0 saturated heterocycles. The fourth-order valence-corrected chi connectivity index (χ4v) is 2.69. The maximum Gasteiger partial charge on any atom is 0.126 e. The van der Waals surface area contributed by atoms with Crippen molar-refractivity contribution in [3.63, 3.8) is 0 Å². The number of halogens is 3. The van der Waals surface area contributed by atoms with E-state index >= 15 is 0 Å². The summed E-state index contributed by atoms with van der Waals surface area (Å²) in [7, 11) is 0. The average molecular weight is 344 g/mol. The molecule has 2 aromatic carbocycles. The third-order valence-corrected chi connectivity index (χ3v) is 3.76. The van der Waals surface area contributed by atoms with Crippen LogP contribution < -0.4 is 0 Å². The molecule has 0 bridgehead atoms. The van der Waals surface area contributed by atoms with Crippen molar-refractivity contribution in [2.45, 2.75) is 19.4 Å². The lowest BCUT2D eigenvalue weighted by Crippen LogP contribution is -2.04. The minimum absolute atomic E-state index is 0.189. The molecule has 19 heavy (non-hydrogen) atoms. The van der Waals surface area contributed by atoms with Gasteiger partial charge in [0.1, 0.15) is 5.82 Å². The predicted molar refractivity (Wildman–Crippen MR) is 79.0 cm³/mol. The molecule has 4 heteroatoms. The molecule has 0 fully saturated rings. The number of aryl methyl sites for hydroxylation is 1. The third-order valence-electron chi connectivity index (χ3n) is 2.94. The molecule has 1 atom stereocenters. The van der Waals surface area contributed by atoms with Gasteiger partial charge in [0.2, 0.25) is 0 Å². The van der Waals surface area contributed by atoms with Crippen LogP contribution in [-0.2, 0) is 6.42 Å². The molecule has 0 aromatic heterocycles. The first-order valence-electron chi connectivity index (χ1n) is 5.85. The SMILES string of the molecule is Cc1ccc(C(O)Cc2cc(Br)ccc2F)c(Cl)c1. The van der Waals surface area contributed by atoms with Crippen molar-refractivity contribution in [3.05, 3.63) is 68.4 Å². The van der Waals surface area contributed by atoms with Gasteiger partial charge in [-0.15, -0.1) is 0 Å². The lowest BCUT2D eigenvalue weighted by molar-refractivity contribution is 0.177. The zero-order valence-electron chi connectivity index (χ0n) is 10.3. The number of rotatable bonds is 3. The summed E-state index contributed by atoms with van der Waals surface area (Å²) < 4.78 is 14.4. The van der Waals surface area contributed by atoms with Crippen LogP contribution in [0.15, 0.2) is 40.9 Å². The van der Waals surface area contributed by atoms with Crippen LogP contribution in [0.3, 0.4) is 0 Å². The van der Waals surface area contributed by atoms with E-state index in [1.165, 1.54) is 6.07 Å². The Balaban J connectivity index is 2.25. The van der Waals surface area contributed by atoms with E-state index in [1.807, 2.05) is 13.0 Å². The van der Waals surface area contributed by atoms with E-state index in [1.54, 1.807) is 24.3 Å². The van der Waals surface area contributed by atoms with Crippen molar-refractivity contribution in [1.29, 1.82) is 0 Å². The highest BCUT2D eigenvalue weighted by Gasteiger charge is 2.15. The first-order chi connectivity index (χ1) is 8.97. The van der Waals surface area contributed by atoms with Crippen LogP contribution >= 0.6 is 27.5 Å². The highest BCUT2D eigenvalue weighted by molar-refractivity contribution is 9.10. The van der Waals surface area contributed by atoms with Crippen LogP contribution in [0.2, 0.25) is 5.02 Å². The minimum atomic E-state index is -0.822. The third kappa shape index (κ3) is 3.56. The lowest BCUT2D eigenvalue weighted by atomic mass is 10.00. The predicted octanol–water partition coefficient (Wildman–Crippen LogP) is 4.83. The Morgan fingerprint density at radius 3 is 2.68 bits per heavy atom. The molecule has 2 aromatic rings. The smallest absolute Gasteiger partial charge is 0.126 e. The summed E-state index contributed by atoms with van der Waals surface area (Å²) in [4.78, 5) is 0. The fraction of sp³-hybridized carbons (Fsp3) is 0.200. The number of hydrogen-bond acceptors (Lipinski definition) is 1. The topological polar surface area (TPSA) is 20.2 Å². The van der Waals surface area contributed by atoms with Gasteiger partial charge in [0.25, 0.3) is 0 Å². The van der Waals surface area contributed by atoms with Crippen LogP contribution in [0.1, 0.15) is 22.8 Å². The standard InChI is InChI=1S/C15H13BrClFO/c1-9-2-4-12(13(17)6-9)15(19)8-10-7-11(16)3-5-14(10)18/h2-7,15,19H,8H2,1H3. The maximum atomic E-state index is 13.6. The molecule has 0 amide bonds. The van der Waals surface area contributed by atoms with Crippen molar-refractivity contribution >= 4 is 27.5 Å². The molecule has 0 aliphatic rings. The van der Waals surface area contributed by atoms with Crippen molar-refractivity contribution in [1.82, 2.24) is 0 Å². The van der Waals surface area contributed by atoms with E-state index in [9.17, 15) is 9.50 Å². The second-order valence-corrected chi connectivity index (χ2v) is 5.80. The highest BCUT2D eigenvalue weighted by Crippen LogP contribution is 2.28. The van der Waals surface area contributed by atoms with Gasteiger partial charge in [0, 0.05) is 15.9 Å². The van der Waals surface area contributed by atoms with E-state index < -0.39 is 6.10 Å². The monoisotopic (exact) mass is 342 g/mol. The van der Waals surface area contributed by atoms with Gasteiger partial charge >= 0.3 is 0 Å². The van der Waals surface area contributed by atoms with Gasteiger partial charge in [-0.3, -0.25) is 0 Å². The van der Waals surface area contributed by atoms with E-state index in [4.69, 9.17) is 11.6 Å². The fourth-order valence-electron chi connectivity index (χ4n) is 1.92. The number of hydrogen-bond donors (Lipinski definition) is 1. The molecule has 0 spiro atoms. The van der Waals surface area contributed by atoms with Crippen molar-refractivity contribution in [3.8, 4) is 0 Å². The van der Waals surface area contributed by atoms with Crippen molar-refractivity contribution < 1.29 is 9.50 Å². The van der Waals surface area contributed by atoms with Crippen LogP contribution in [-0.4, -0.2) is 5.11 Å². The second-order valence-electron chi connectivity index (χ2n) is 4.48. The molecular weight excluding hydrogens is 331 g/mol. The molecule has 1 N–H and O–H groups in total. The minimum Gasteiger partial charge on any atom is -0.388 e. The van der Waals surface area contributed by atoms with Gasteiger partial charge in [-0.05, 0) is 47.9 Å². The van der Waals surface area contributed by atoms with Gasteiger partial charge in [-0.25, -0.2) is 4.39 Å². The van der Waals surface area contributed by atoms with E-state index in [-0.39, 0.29) is 12.2 Å². The second kappa shape index (κ2) is 6.04. The van der Waals surface area contributed by atoms with E-state index in [0.717, 1.165) is 10.0 Å². The quantitative estimate of drug-likeness (QED) is 0.846. The summed E-state index contributed by atoms with van der Waals surface area (Å²) in [5.74, 6) is -0.328. The molecule has 0 radical (unpaired) electrons. The molecule has 100 valence electrons. The number of benzene rings is 2. The Kier molecular flexibility index (Phi) is 4.61. The summed E-state index contributed by atoms with van der Waals surface area (Å²) in [6.07, 6.45) is -0.634. The first kappa shape index (κ1) is 14.5. The van der Waals surface area contributed by atoms with Gasteiger partial charge < -0.3 is 5.11 Å². The molecule has 1 nitrogen and oxygen atoms in total. The molecule has 0 aliphatic carbocycles. The average Bonchev–Trinajstić information content (AvgIpc) is 2.33. The van der Waals surface area contributed by atoms with Crippen molar-refractivity contribution in [2.75, 3.05) is 0 Å². The van der Waals surface area contributed by atoms with Crippen LogP contribution in [0.5, 0.6) is 0 Å². The Bertz CT molecular complexity index is 601. The first-order valence-corrected chi connectivity index (χ1v) is 7.02. The Morgan fingerprint density at radius 1 is 1.26 bits per heavy atom. The zero-order chi connectivity index (χ0) is 14.0. The Labute approximate surface area is 125 Å². The number of aliphatic hydroxyl groups excluding tert-OH is 1. The number of aliphatic hydroxyl groups is 1. The Morgan fingerprint density at radius 2 is 2.00 bits per heavy atom. The summed E-state index contributed by atoms with van der Waals surface area (Å²) >= 11 is 9.39. The molecular formula is C15H13BrClFO. The molecule has 0 saturated carbocycles. The lowest BCUT2D eigenvalue weighted by Gasteiger charge is -2.14. The molecule has 0 heterocycles. The van der Waals surface area contributed by atoms with Gasteiger partial charge in [0.15, 0.2) is 0 Å². The molecule has 0 aliphatic heterocycles. The van der Waals surface area contributed by atoms with Crippen LogP contribution in [0, 0.1) is 12.7 Å². The zero-order valence-corrected chi connectivity index (χ0v) is 12.7. The van der Waals surface area contributed by atoms with Gasteiger partial charge in [0.05, 0.1) is 6.10 Å². The maximum absolute atomic E-state index is 13.6.